The molecule has 1 aromatic rings. The molecular formula is C9H12F3N5. The molecule has 5 nitrogen and oxygen atoms in total. The van der Waals surface area contributed by atoms with Crippen molar-refractivity contribution < 1.29 is 13.2 Å². The van der Waals surface area contributed by atoms with Crippen molar-refractivity contribution in [2.24, 2.45) is 5.73 Å². The lowest BCUT2D eigenvalue weighted by Gasteiger charge is -2.17. The van der Waals surface area contributed by atoms with Gasteiger partial charge < -0.3 is 10.6 Å². The van der Waals surface area contributed by atoms with Crippen LogP contribution in [0, 0.1) is 5.41 Å². The molecule has 3 N–H and O–H groups in total. The van der Waals surface area contributed by atoms with E-state index in [0.29, 0.717) is 0 Å². The molecule has 1 heterocycles. The Morgan fingerprint density at radius 3 is 2.71 bits per heavy atom. The minimum atomic E-state index is -4.49. The van der Waals surface area contributed by atoms with Gasteiger partial charge in [0.1, 0.15) is 5.69 Å². The lowest BCUT2D eigenvalue weighted by molar-refractivity contribution is -0.141. The fourth-order valence-corrected chi connectivity index (χ4v) is 1.08. The van der Waals surface area contributed by atoms with Crippen molar-refractivity contribution in [1.29, 1.82) is 5.41 Å². The van der Waals surface area contributed by atoms with Crippen molar-refractivity contribution in [2.75, 3.05) is 18.5 Å². The van der Waals surface area contributed by atoms with Gasteiger partial charge >= 0.3 is 6.18 Å². The highest BCUT2D eigenvalue weighted by Crippen LogP contribution is 2.27. The minimum Gasteiger partial charge on any atom is -0.388 e. The van der Waals surface area contributed by atoms with Crippen molar-refractivity contribution >= 4 is 11.8 Å². The summed E-state index contributed by atoms with van der Waals surface area (Å²) in [5.41, 5.74) is 4.17. The van der Waals surface area contributed by atoms with Crippen LogP contribution >= 0.6 is 0 Å². The van der Waals surface area contributed by atoms with Crippen molar-refractivity contribution in [1.82, 2.24) is 9.97 Å². The molecule has 0 fully saturated rings. The predicted molar refractivity (Wildman–Crippen MR) is 56.8 cm³/mol. The van der Waals surface area contributed by atoms with Gasteiger partial charge in [0.15, 0.2) is 0 Å². The number of nitrogens with two attached hydrogens (primary N) is 1. The first-order chi connectivity index (χ1) is 7.80. The molecule has 0 unspecified atom stereocenters. The second kappa shape index (κ2) is 4.98. The number of aromatic nitrogens is 2. The van der Waals surface area contributed by atoms with Gasteiger partial charge in [-0.05, 0) is 6.07 Å². The quantitative estimate of drug-likeness (QED) is 0.620. The van der Waals surface area contributed by atoms with Crippen molar-refractivity contribution in [3.63, 3.8) is 0 Å². The molecule has 0 aliphatic carbocycles. The summed E-state index contributed by atoms with van der Waals surface area (Å²) in [6.07, 6.45) is -3.19. The van der Waals surface area contributed by atoms with E-state index in [1.54, 1.807) is 7.05 Å². The number of halogens is 3. The highest BCUT2D eigenvalue weighted by molar-refractivity contribution is 5.77. The fourth-order valence-electron chi connectivity index (χ4n) is 1.08. The molecule has 0 aromatic carbocycles. The van der Waals surface area contributed by atoms with Gasteiger partial charge in [0, 0.05) is 26.2 Å². The smallest absolute Gasteiger partial charge is 0.388 e. The van der Waals surface area contributed by atoms with Crippen LogP contribution in [0.3, 0.4) is 0 Å². The highest BCUT2D eigenvalue weighted by Gasteiger charge is 2.33. The number of alkyl halides is 3. The fraction of sp³-hybridized carbons (Fsp3) is 0.444. The Labute approximate surface area is 96.0 Å². The Balaban J connectivity index is 2.81. The molecule has 1 aromatic heterocycles. The monoisotopic (exact) mass is 247 g/mol. The molecule has 1 rings (SSSR count). The third-order valence-electron chi connectivity index (χ3n) is 1.99. The van der Waals surface area contributed by atoms with Gasteiger partial charge in [-0.15, -0.1) is 0 Å². The Morgan fingerprint density at radius 2 is 2.18 bits per heavy atom. The molecule has 17 heavy (non-hydrogen) atoms. The summed E-state index contributed by atoms with van der Waals surface area (Å²) in [4.78, 5) is 8.55. The van der Waals surface area contributed by atoms with Crippen LogP contribution < -0.4 is 10.6 Å². The molecular weight excluding hydrogens is 235 g/mol. The van der Waals surface area contributed by atoms with Gasteiger partial charge in [0.25, 0.3) is 0 Å². The van der Waals surface area contributed by atoms with E-state index in [9.17, 15) is 13.2 Å². The predicted octanol–water partition coefficient (Wildman–Crippen LogP) is 1.26. The maximum atomic E-state index is 12.4. The number of amidine groups is 1. The number of anilines is 1. The lowest BCUT2D eigenvalue weighted by Crippen LogP contribution is -2.26. The van der Waals surface area contributed by atoms with E-state index in [1.807, 2.05) is 0 Å². The summed E-state index contributed by atoms with van der Waals surface area (Å²) in [6, 6.07) is 0.808. The zero-order valence-corrected chi connectivity index (χ0v) is 9.12. The van der Waals surface area contributed by atoms with E-state index in [1.165, 1.54) is 4.90 Å². The normalized spacial score (nSPS) is 11.3. The molecule has 94 valence electrons. The third kappa shape index (κ3) is 3.89. The molecule has 0 saturated carbocycles. The molecule has 0 aliphatic rings. The Morgan fingerprint density at radius 1 is 1.53 bits per heavy atom. The molecule has 0 atom stereocenters. The maximum absolute atomic E-state index is 12.4. The average molecular weight is 247 g/mol. The lowest BCUT2D eigenvalue weighted by atomic mass is 10.3. The van der Waals surface area contributed by atoms with Gasteiger partial charge in [-0.3, -0.25) is 5.41 Å². The van der Waals surface area contributed by atoms with Crippen LogP contribution in [0.2, 0.25) is 0 Å². The first-order valence-electron chi connectivity index (χ1n) is 4.75. The van der Waals surface area contributed by atoms with Crippen LogP contribution in [0.1, 0.15) is 12.1 Å². The largest absolute Gasteiger partial charge is 0.433 e. The molecule has 0 aliphatic heterocycles. The van der Waals surface area contributed by atoms with Crippen LogP contribution in [0.4, 0.5) is 19.1 Å². The summed E-state index contributed by atoms with van der Waals surface area (Å²) >= 11 is 0. The van der Waals surface area contributed by atoms with Gasteiger partial charge in [-0.1, -0.05) is 0 Å². The van der Waals surface area contributed by atoms with Crippen LogP contribution in [-0.4, -0.2) is 29.4 Å². The van der Waals surface area contributed by atoms with Crippen LogP contribution in [0.25, 0.3) is 0 Å². The van der Waals surface area contributed by atoms with Crippen LogP contribution in [0.15, 0.2) is 12.3 Å². The van der Waals surface area contributed by atoms with Crippen LogP contribution in [0.5, 0.6) is 0 Å². The zero-order valence-electron chi connectivity index (χ0n) is 9.12. The first-order valence-corrected chi connectivity index (χ1v) is 4.75. The van der Waals surface area contributed by atoms with E-state index in [0.717, 1.165) is 12.3 Å². The number of nitrogens with zero attached hydrogens (tertiary/aromatic N) is 3. The maximum Gasteiger partial charge on any atom is 0.433 e. The SMILES string of the molecule is CN(CCC(=N)N)c1nccc(C(F)(F)F)n1. The van der Waals surface area contributed by atoms with Crippen molar-refractivity contribution in [3.05, 3.63) is 18.0 Å². The van der Waals surface area contributed by atoms with Gasteiger partial charge in [0.05, 0.1) is 5.84 Å². The second-order valence-electron chi connectivity index (χ2n) is 3.44. The topological polar surface area (TPSA) is 78.9 Å². The van der Waals surface area contributed by atoms with Gasteiger partial charge in [-0.25, -0.2) is 9.97 Å². The minimum absolute atomic E-state index is 0.0381. The first kappa shape index (κ1) is 13.2. The molecule has 0 spiro atoms. The number of nitrogens with one attached hydrogen (secondary N) is 1. The zero-order chi connectivity index (χ0) is 13.1. The second-order valence-corrected chi connectivity index (χ2v) is 3.44. The Bertz CT molecular complexity index is 404. The summed E-state index contributed by atoms with van der Waals surface area (Å²) in [7, 11) is 1.54. The summed E-state index contributed by atoms with van der Waals surface area (Å²) < 4.78 is 37.1. The van der Waals surface area contributed by atoms with E-state index < -0.39 is 11.9 Å². The van der Waals surface area contributed by atoms with Crippen molar-refractivity contribution in [2.45, 2.75) is 12.6 Å². The summed E-state index contributed by atoms with van der Waals surface area (Å²) in [5.74, 6) is -0.0788. The molecule has 0 radical (unpaired) electrons. The van der Waals surface area contributed by atoms with Crippen LogP contribution in [-0.2, 0) is 6.18 Å². The van der Waals surface area contributed by atoms with E-state index in [2.05, 4.69) is 9.97 Å². The third-order valence-corrected chi connectivity index (χ3v) is 1.99. The van der Waals surface area contributed by atoms with Crippen molar-refractivity contribution in [3.8, 4) is 0 Å². The Hall–Kier alpha value is -1.86. The van der Waals surface area contributed by atoms with Gasteiger partial charge in [0.2, 0.25) is 5.95 Å². The highest BCUT2D eigenvalue weighted by atomic mass is 19.4. The number of rotatable bonds is 4. The molecule has 8 heteroatoms. The summed E-state index contributed by atoms with van der Waals surface area (Å²) in [5, 5.41) is 7.02. The average Bonchev–Trinajstić information content (AvgIpc) is 2.25. The molecule has 0 amide bonds. The summed E-state index contributed by atoms with van der Waals surface area (Å²) in [6.45, 7) is 0.288. The molecule has 0 bridgehead atoms. The number of hydrogen-bond donors (Lipinski definition) is 2. The Kier molecular flexibility index (Phi) is 3.87. The van der Waals surface area contributed by atoms with E-state index >= 15 is 0 Å². The standard InChI is InChI=1S/C9H12F3N5/c1-17(5-3-7(13)14)8-15-4-2-6(16-8)9(10,11)12/h2,4H,3,5H2,1H3,(H3,13,14). The van der Waals surface area contributed by atoms with E-state index in [-0.39, 0.29) is 24.7 Å². The molecule has 0 saturated heterocycles. The van der Waals surface area contributed by atoms with E-state index in [4.69, 9.17) is 11.1 Å². The van der Waals surface area contributed by atoms with Gasteiger partial charge in [-0.2, -0.15) is 13.2 Å². The number of hydrogen-bond acceptors (Lipinski definition) is 4.